The fourth-order valence-corrected chi connectivity index (χ4v) is 5.18. The summed E-state index contributed by atoms with van der Waals surface area (Å²) in [4.78, 5) is 21.5. The van der Waals surface area contributed by atoms with Gasteiger partial charge in [0.25, 0.3) is 0 Å². The smallest absolute Gasteiger partial charge is 0.356 e. The zero-order valence-electron chi connectivity index (χ0n) is 17.9. The van der Waals surface area contributed by atoms with E-state index in [9.17, 15) is 13.6 Å². The first-order valence-corrected chi connectivity index (χ1v) is 11.6. The Balaban J connectivity index is 1.32. The Morgan fingerprint density at radius 1 is 1.27 bits per heavy atom. The van der Waals surface area contributed by atoms with Gasteiger partial charge in [-0.25, -0.2) is 18.6 Å². The van der Waals surface area contributed by atoms with E-state index < -0.39 is 23.4 Å². The van der Waals surface area contributed by atoms with Crippen LogP contribution in [0.3, 0.4) is 0 Å². The van der Waals surface area contributed by atoms with Crippen LogP contribution in [0.5, 0.6) is 0 Å². The number of halogens is 2. The first-order valence-electron chi connectivity index (χ1n) is 10.7. The van der Waals surface area contributed by atoms with Crippen molar-refractivity contribution in [1.29, 1.82) is 0 Å². The third kappa shape index (κ3) is 3.99. The summed E-state index contributed by atoms with van der Waals surface area (Å²) in [6.07, 6.45) is 3.94. The minimum Gasteiger partial charge on any atom is -0.461 e. The van der Waals surface area contributed by atoms with Gasteiger partial charge in [-0.1, -0.05) is 0 Å². The quantitative estimate of drug-likeness (QED) is 0.369. The first kappa shape index (κ1) is 21.6. The van der Waals surface area contributed by atoms with Gasteiger partial charge in [0.15, 0.2) is 4.96 Å². The molecule has 4 aromatic heterocycles. The zero-order chi connectivity index (χ0) is 23.0. The van der Waals surface area contributed by atoms with Crippen LogP contribution >= 0.6 is 11.3 Å². The van der Waals surface area contributed by atoms with E-state index in [0.717, 1.165) is 5.69 Å². The highest BCUT2D eigenvalue weighted by Crippen LogP contribution is 2.48. The number of rotatable bonds is 7. The molecular weight excluding hydrogens is 448 g/mol. The van der Waals surface area contributed by atoms with Gasteiger partial charge in [-0.05, 0) is 56.9 Å². The van der Waals surface area contributed by atoms with Gasteiger partial charge < -0.3 is 4.74 Å². The lowest BCUT2D eigenvalue weighted by molar-refractivity contribution is 0.0518. The number of hydrogen-bond acceptors (Lipinski definition) is 7. The number of thiazole rings is 1. The number of hydrogen-bond donors (Lipinski definition) is 0. The maximum absolute atomic E-state index is 14.3. The van der Waals surface area contributed by atoms with Gasteiger partial charge in [0.05, 0.1) is 18.0 Å². The van der Waals surface area contributed by atoms with Crippen LogP contribution in [0.25, 0.3) is 16.3 Å². The van der Waals surface area contributed by atoms with Crippen LogP contribution in [0.15, 0.2) is 42.0 Å². The molecule has 0 aliphatic heterocycles. The summed E-state index contributed by atoms with van der Waals surface area (Å²) in [5.41, 5.74) is 2.03. The standard InChI is InChI=1S/C23H21F2N5O2S/c1-2-32-21(31)19-13-33-22-27-18(12-30(19)22)17-6-5-15(28-29-17)7-8-23(10-14(24)11-23)20-16(25)4-3-9-26-20/h3-6,9,12-14H,2,7-8,10-11H2,1H3. The Kier molecular flexibility index (Phi) is 5.61. The second-order valence-electron chi connectivity index (χ2n) is 8.15. The molecule has 0 atom stereocenters. The second-order valence-corrected chi connectivity index (χ2v) is 8.99. The minimum absolute atomic E-state index is 0.265. The van der Waals surface area contributed by atoms with E-state index in [1.807, 2.05) is 12.1 Å². The lowest BCUT2D eigenvalue weighted by Gasteiger charge is -2.44. The Morgan fingerprint density at radius 3 is 2.82 bits per heavy atom. The SMILES string of the molecule is CCOC(=O)c1csc2nc(-c3ccc(CCC4(c5ncccc5F)CC(F)C4)nn3)cn12. The Hall–Kier alpha value is -3.27. The number of nitrogens with zero attached hydrogens (tertiary/aromatic N) is 5. The van der Waals surface area contributed by atoms with Crippen LogP contribution in [-0.4, -0.2) is 43.3 Å². The number of aryl methyl sites for hydroxylation is 1. The zero-order valence-corrected chi connectivity index (χ0v) is 18.7. The van der Waals surface area contributed by atoms with Crippen LogP contribution < -0.4 is 0 Å². The maximum atomic E-state index is 14.3. The van der Waals surface area contributed by atoms with Gasteiger partial charge in [-0.15, -0.1) is 16.4 Å². The summed E-state index contributed by atoms with van der Waals surface area (Å²) >= 11 is 1.34. The van der Waals surface area contributed by atoms with Crippen molar-refractivity contribution in [1.82, 2.24) is 24.6 Å². The molecule has 0 spiro atoms. The van der Waals surface area contributed by atoms with Crippen molar-refractivity contribution >= 4 is 22.3 Å². The third-order valence-corrected chi connectivity index (χ3v) is 6.86. The fraction of sp³-hybridized carbons (Fsp3) is 0.348. The van der Waals surface area contributed by atoms with Crippen LogP contribution in [-0.2, 0) is 16.6 Å². The van der Waals surface area contributed by atoms with E-state index in [-0.39, 0.29) is 12.8 Å². The van der Waals surface area contributed by atoms with Gasteiger partial charge >= 0.3 is 5.97 Å². The molecule has 4 heterocycles. The summed E-state index contributed by atoms with van der Waals surface area (Å²) in [7, 11) is 0. The van der Waals surface area contributed by atoms with Crippen molar-refractivity contribution in [3.05, 3.63) is 64.9 Å². The average molecular weight is 470 g/mol. The molecule has 0 amide bonds. The first-order chi connectivity index (χ1) is 16.0. The number of aromatic nitrogens is 5. The van der Waals surface area contributed by atoms with E-state index >= 15 is 0 Å². The predicted octanol–water partition coefficient (Wildman–Crippen LogP) is 4.57. The van der Waals surface area contributed by atoms with Gasteiger partial charge in [0.2, 0.25) is 0 Å². The van der Waals surface area contributed by atoms with Gasteiger partial charge in [-0.2, -0.15) is 5.10 Å². The molecule has 0 aromatic carbocycles. The van der Waals surface area contributed by atoms with Crippen LogP contribution in [0.1, 0.15) is 48.1 Å². The average Bonchev–Trinajstić information content (AvgIpc) is 3.38. The van der Waals surface area contributed by atoms with Crippen LogP contribution in [0.2, 0.25) is 0 Å². The van der Waals surface area contributed by atoms with Crippen molar-refractivity contribution in [2.75, 3.05) is 6.61 Å². The minimum atomic E-state index is -0.936. The van der Waals surface area contributed by atoms with E-state index in [1.165, 1.54) is 23.5 Å². The number of imidazole rings is 1. The number of alkyl halides is 1. The molecule has 4 aromatic rings. The number of ether oxygens (including phenoxy) is 1. The Labute approximate surface area is 192 Å². The number of carbonyl (C=O) groups excluding carboxylic acids is 1. The molecule has 5 rings (SSSR count). The van der Waals surface area contributed by atoms with Crippen molar-refractivity contribution in [3.8, 4) is 11.4 Å². The molecular formula is C23H21F2N5O2S. The molecule has 1 fully saturated rings. The van der Waals surface area contributed by atoms with Gasteiger partial charge in [0.1, 0.15) is 29.1 Å². The van der Waals surface area contributed by atoms with Gasteiger partial charge in [-0.3, -0.25) is 9.38 Å². The highest BCUT2D eigenvalue weighted by atomic mass is 32.1. The number of fused-ring (bicyclic) bond motifs is 1. The van der Waals surface area contributed by atoms with E-state index in [4.69, 9.17) is 4.74 Å². The molecule has 10 heteroatoms. The molecule has 0 bridgehead atoms. The molecule has 1 saturated carbocycles. The summed E-state index contributed by atoms with van der Waals surface area (Å²) < 4.78 is 34.9. The fourth-order valence-electron chi connectivity index (χ4n) is 4.34. The number of esters is 1. The monoisotopic (exact) mass is 469 g/mol. The molecule has 0 saturated heterocycles. The van der Waals surface area contributed by atoms with Crippen molar-refractivity contribution < 1.29 is 18.3 Å². The van der Waals surface area contributed by atoms with Crippen molar-refractivity contribution in [2.45, 2.75) is 44.2 Å². The molecule has 7 nitrogen and oxygen atoms in total. The van der Waals surface area contributed by atoms with E-state index in [0.29, 0.717) is 47.2 Å². The van der Waals surface area contributed by atoms with Crippen molar-refractivity contribution in [2.24, 2.45) is 0 Å². The topological polar surface area (TPSA) is 82.3 Å². The molecule has 1 aliphatic carbocycles. The van der Waals surface area contributed by atoms with Gasteiger partial charge in [0, 0.05) is 23.2 Å². The Bertz CT molecular complexity index is 1300. The van der Waals surface area contributed by atoms with Crippen LogP contribution in [0, 0.1) is 5.82 Å². The maximum Gasteiger partial charge on any atom is 0.356 e. The van der Waals surface area contributed by atoms with E-state index in [2.05, 4.69) is 20.2 Å². The lowest BCUT2D eigenvalue weighted by atomic mass is 9.62. The van der Waals surface area contributed by atoms with E-state index in [1.54, 1.807) is 29.1 Å². The predicted molar refractivity (Wildman–Crippen MR) is 118 cm³/mol. The summed E-state index contributed by atoms with van der Waals surface area (Å²) in [5.74, 6) is -0.799. The normalized spacial score (nSPS) is 20.0. The summed E-state index contributed by atoms with van der Waals surface area (Å²) in [5, 5.41) is 10.3. The Morgan fingerprint density at radius 2 is 2.12 bits per heavy atom. The summed E-state index contributed by atoms with van der Waals surface area (Å²) in [6, 6.07) is 6.56. The van der Waals surface area contributed by atoms with Crippen LogP contribution in [0.4, 0.5) is 8.78 Å². The second kappa shape index (κ2) is 8.58. The highest BCUT2D eigenvalue weighted by molar-refractivity contribution is 7.15. The summed E-state index contributed by atoms with van der Waals surface area (Å²) in [6.45, 7) is 2.05. The third-order valence-electron chi connectivity index (χ3n) is 6.02. The molecule has 0 N–H and O–H groups in total. The number of carbonyl (C=O) groups is 1. The largest absolute Gasteiger partial charge is 0.461 e. The molecule has 0 unspecified atom stereocenters. The molecule has 1 aliphatic rings. The molecule has 170 valence electrons. The highest BCUT2D eigenvalue weighted by Gasteiger charge is 2.48. The lowest BCUT2D eigenvalue weighted by Crippen LogP contribution is -2.44. The molecule has 33 heavy (non-hydrogen) atoms. The molecule has 0 radical (unpaired) electrons. The van der Waals surface area contributed by atoms with Crippen molar-refractivity contribution in [3.63, 3.8) is 0 Å². The number of pyridine rings is 1.